The maximum absolute atomic E-state index is 13.2. The van der Waals surface area contributed by atoms with Crippen molar-refractivity contribution >= 4 is 11.6 Å². The highest BCUT2D eigenvalue weighted by molar-refractivity contribution is 5.77. The second kappa shape index (κ2) is 8.29. The molecule has 0 bridgehead atoms. The summed E-state index contributed by atoms with van der Waals surface area (Å²) in [6.07, 6.45) is 1.34. The molecule has 2 fully saturated rings. The van der Waals surface area contributed by atoms with Gasteiger partial charge in [-0.3, -0.25) is 4.79 Å². The third-order valence-electron chi connectivity index (χ3n) is 5.18. The van der Waals surface area contributed by atoms with Crippen molar-refractivity contribution in [3.05, 3.63) is 29.8 Å². The Bertz CT molecular complexity index is 607. The number of halogens is 3. The van der Waals surface area contributed by atoms with Gasteiger partial charge in [0.15, 0.2) is 0 Å². The molecule has 26 heavy (non-hydrogen) atoms. The molecular formula is C19H25F3N2O2. The molecule has 2 aliphatic rings. The lowest BCUT2D eigenvalue weighted by molar-refractivity contribution is -0.140. The first kappa shape index (κ1) is 19.0. The third-order valence-corrected chi connectivity index (χ3v) is 5.18. The minimum Gasteiger partial charge on any atom is -0.368 e. The van der Waals surface area contributed by atoms with E-state index in [4.69, 9.17) is 4.74 Å². The van der Waals surface area contributed by atoms with E-state index in [-0.39, 0.29) is 24.3 Å². The Morgan fingerprint density at radius 1 is 1.04 bits per heavy atom. The quantitative estimate of drug-likeness (QED) is 0.810. The van der Waals surface area contributed by atoms with Gasteiger partial charge in [0, 0.05) is 31.9 Å². The molecule has 0 unspecified atom stereocenters. The van der Waals surface area contributed by atoms with Gasteiger partial charge in [0.05, 0.1) is 11.7 Å². The summed E-state index contributed by atoms with van der Waals surface area (Å²) in [5.41, 5.74) is -0.439. The van der Waals surface area contributed by atoms with Crippen molar-refractivity contribution < 1.29 is 22.7 Å². The topological polar surface area (TPSA) is 32.8 Å². The van der Waals surface area contributed by atoms with Crippen LogP contribution < -0.4 is 4.90 Å². The summed E-state index contributed by atoms with van der Waals surface area (Å²) in [6, 6.07) is 5.60. The Morgan fingerprint density at radius 3 is 2.35 bits per heavy atom. The van der Waals surface area contributed by atoms with Gasteiger partial charge in [0.1, 0.15) is 6.61 Å². The van der Waals surface area contributed by atoms with Gasteiger partial charge in [-0.2, -0.15) is 13.2 Å². The summed E-state index contributed by atoms with van der Waals surface area (Å²) in [5.74, 6) is -0.0701. The summed E-state index contributed by atoms with van der Waals surface area (Å²) in [4.78, 5) is 15.7. The molecule has 1 aromatic rings. The predicted molar refractivity (Wildman–Crippen MR) is 93.1 cm³/mol. The number of benzene rings is 1. The van der Waals surface area contributed by atoms with Crippen LogP contribution >= 0.6 is 0 Å². The molecule has 1 aliphatic carbocycles. The molecule has 1 amide bonds. The smallest absolute Gasteiger partial charge is 0.368 e. The lowest BCUT2D eigenvalue weighted by Crippen LogP contribution is -2.50. The van der Waals surface area contributed by atoms with E-state index in [0.29, 0.717) is 26.2 Å². The van der Waals surface area contributed by atoms with Gasteiger partial charge >= 0.3 is 6.18 Å². The third kappa shape index (κ3) is 4.69. The van der Waals surface area contributed by atoms with Crippen molar-refractivity contribution in [3.63, 3.8) is 0 Å². The number of amides is 1. The van der Waals surface area contributed by atoms with Crippen LogP contribution in [0.15, 0.2) is 24.3 Å². The summed E-state index contributed by atoms with van der Waals surface area (Å²) >= 11 is 0. The van der Waals surface area contributed by atoms with Crippen LogP contribution in [0.5, 0.6) is 0 Å². The lowest BCUT2D eigenvalue weighted by Gasteiger charge is -2.37. The van der Waals surface area contributed by atoms with E-state index in [0.717, 1.165) is 31.7 Å². The van der Waals surface area contributed by atoms with Gasteiger partial charge in [-0.15, -0.1) is 0 Å². The number of para-hydroxylation sites is 1. The zero-order chi connectivity index (χ0) is 18.6. The Morgan fingerprint density at radius 2 is 1.69 bits per heavy atom. The fourth-order valence-corrected chi connectivity index (χ4v) is 3.70. The molecule has 0 radical (unpaired) electrons. The average Bonchev–Trinajstić information content (AvgIpc) is 2.66. The number of rotatable bonds is 4. The molecule has 1 saturated carbocycles. The first-order chi connectivity index (χ1) is 12.4. The molecule has 3 rings (SSSR count). The first-order valence-corrected chi connectivity index (χ1v) is 9.25. The van der Waals surface area contributed by atoms with Gasteiger partial charge in [-0.25, -0.2) is 0 Å². The van der Waals surface area contributed by atoms with Crippen LogP contribution in [0.2, 0.25) is 0 Å². The predicted octanol–water partition coefficient (Wildman–Crippen LogP) is 3.70. The molecule has 0 aromatic heterocycles. The van der Waals surface area contributed by atoms with Crippen LogP contribution in [-0.2, 0) is 15.7 Å². The highest BCUT2D eigenvalue weighted by Gasteiger charge is 2.35. The van der Waals surface area contributed by atoms with E-state index in [1.165, 1.54) is 18.6 Å². The fraction of sp³-hybridized carbons (Fsp3) is 0.632. The van der Waals surface area contributed by atoms with E-state index in [1.807, 2.05) is 0 Å². The maximum Gasteiger partial charge on any atom is 0.418 e. The number of alkyl halides is 3. The number of carbonyl (C=O) groups excluding carboxylic acids is 1. The Kier molecular flexibility index (Phi) is 6.06. The normalized spacial score (nSPS) is 19.7. The summed E-state index contributed by atoms with van der Waals surface area (Å²) < 4.78 is 45.3. The number of piperazine rings is 1. The van der Waals surface area contributed by atoms with E-state index in [9.17, 15) is 18.0 Å². The second-order valence-electron chi connectivity index (χ2n) is 6.95. The van der Waals surface area contributed by atoms with E-state index >= 15 is 0 Å². The SMILES string of the molecule is O=C(COC1CCCCC1)N1CCN(c2ccccc2C(F)(F)F)CC1. The molecule has 0 spiro atoms. The molecule has 1 heterocycles. The van der Waals surface area contributed by atoms with Crippen molar-refractivity contribution in [2.75, 3.05) is 37.7 Å². The van der Waals surface area contributed by atoms with Crippen LogP contribution in [0.1, 0.15) is 37.7 Å². The van der Waals surface area contributed by atoms with Crippen LogP contribution in [-0.4, -0.2) is 49.7 Å². The van der Waals surface area contributed by atoms with Gasteiger partial charge < -0.3 is 14.5 Å². The number of hydrogen-bond donors (Lipinski definition) is 0. The second-order valence-corrected chi connectivity index (χ2v) is 6.95. The van der Waals surface area contributed by atoms with Crippen LogP contribution in [0.4, 0.5) is 18.9 Å². The summed E-state index contributed by atoms with van der Waals surface area (Å²) in [5, 5.41) is 0. The number of ether oxygens (including phenoxy) is 1. The zero-order valence-corrected chi connectivity index (χ0v) is 14.8. The molecule has 144 valence electrons. The number of anilines is 1. The Hall–Kier alpha value is -1.76. The monoisotopic (exact) mass is 370 g/mol. The van der Waals surface area contributed by atoms with Crippen LogP contribution in [0.3, 0.4) is 0 Å². The molecule has 1 aliphatic heterocycles. The van der Waals surface area contributed by atoms with Crippen LogP contribution in [0.25, 0.3) is 0 Å². The van der Waals surface area contributed by atoms with E-state index < -0.39 is 11.7 Å². The minimum atomic E-state index is -4.38. The molecule has 7 heteroatoms. The fourth-order valence-electron chi connectivity index (χ4n) is 3.70. The van der Waals surface area contributed by atoms with Crippen molar-refractivity contribution in [1.82, 2.24) is 4.90 Å². The summed E-state index contributed by atoms with van der Waals surface area (Å²) in [6.45, 7) is 1.69. The maximum atomic E-state index is 13.2. The average molecular weight is 370 g/mol. The summed E-state index contributed by atoms with van der Waals surface area (Å²) in [7, 11) is 0. The largest absolute Gasteiger partial charge is 0.418 e. The highest BCUT2D eigenvalue weighted by Crippen LogP contribution is 2.36. The van der Waals surface area contributed by atoms with Crippen molar-refractivity contribution in [2.45, 2.75) is 44.4 Å². The molecule has 1 saturated heterocycles. The minimum absolute atomic E-state index is 0.0701. The molecular weight excluding hydrogens is 345 g/mol. The first-order valence-electron chi connectivity index (χ1n) is 9.25. The zero-order valence-electron chi connectivity index (χ0n) is 14.8. The number of hydrogen-bond acceptors (Lipinski definition) is 3. The Balaban J connectivity index is 1.52. The van der Waals surface area contributed by atoms with Crippen molar-refractivity contribution in [2.24, 2.45) is 0 Å². The molecule has 0 N–H and O–H groups in total. The van der Waals surface area contributed by atoms with E-state index in [1.54, 1.807) is 15.9 Å². The van der Waals surface area contributed by atoms with E-state index in [2.05, 4.69) is 0 Å². The van der Waals surface area contributed by atoms with Gasteiger partial charge in [-0.05, 0) is 25.0 Å². The van der Waals surface area contributed by atoms with Crippen LogP contribution in [0, 0.1) is 0 Å². The lowest BCUT2D eigenvalue weighted by atomic mass is 9.98. The van der Waals surface area contributed by atoms with Crippen molar-refractivity contribution in [3.8, 4) is 0 Å². The van der Waals surface area contributed by atoms with Gasteiger partial charge in [0.25, 0.3) is 0 Å². The van der Waals surface area contributed by atoms with Gasteiger partial charge in [0.2, 0.25) is 5.91 Å². The molecule has 4 nitrogen and oxygen atoms in total. The Labute approximate surface area is 151 Å². The van der Waals surface area contributed by atoms with Crippen molar-refractivity contribution in [1.29, 1.82) is 0 Å². The van der Waals surface area contributed by atoms with Gasteiger partial charge in [-0.1, -0.05) is 31.4 Å². The number of nitrogens with zero attached hydrogens (tertiary/aromatic N) is 2. The standard InChI is InChI=1S/C19H25F3N2O2/c20-19(21,22)16-8-4-5-9-17(16)23-10-12-24(13-11-23)18(25)14-26-15-6-2-1-3-7-15/h4-5,8-9,15H,1-3,6-7,10-14H2. The highest BCUT2D eigenvalue weighted by atomic mass is 19.4. The molecule has 0 atom stereocenters. The number of carbonyl (C=O) groups is 1. The molecule has 1 aromatic carbocycles.